The molecule has 0 saturated heterocycles. The highest BCUT2D eigenvalue weighted by molar-refractivity contribution is 6.31. The van der Waals surface area contributed by atoms with Crippen molar-refractivity contribution >= 4 is 17.6 Å². The van der Waals surface area contributed by atoms with Crippen molar-refractivity contribution in [1.82, 2.24) is 0 Å². The summed E-state index contributed by atoms with van der Waals surface area (Å²) in [5.41, 5.74) is -0.137. The molecule has 2 nitrogen and oxygen atoms in total. The summed E-state index contributed by atoms with van der Waals surface area (Å²) >= 11 is 6.05. The molecule has 0 bridgehead atoms. The molecule has 0 amide bonds. The molecule has 1 aromatic carbocycles. The zero-order valence-electron chi connectivity index (χ0n) is 8.96. The molecule has 15 heavy (non-hydrogen) atoms. The molecule has 0 fully saturated rings. The number of carboxylic acids is 1. The van der Waals surface area contributed by atoms with Gasteiger partial charge in [0.2, 0.25) is 0 Å². The van der Waals surface area contributed by atoms with Gasteiger partial charge in [-0.15, -0.1) is 0 Å². The highest BCUT2D eigenvalue weighted by atomic mass is 35.5. The average Bonchev–Trinajstić information content (AvgIpc) is 2.22. The zero-order valence-corrected chi connectivity index (χ0v) is 9.71. The summed E-state index contributed by atoms with van der Waals surface area (Å²) in [5, 5.41) is 9.87. The smallest absolute Gasteiger partial charge is 0.314 e. The van der Waals surface area contributed by atoms with Gasteiger partial charge in [0.05, 0.1) is 5.41 Å². The van der Waals surface area contributed by atoms with Gasteiger partial charge in [0.25, 0.3) is 0 Å². The van der Waals surface area contributed by atoms with Crippen molar-refractivity contribution in [3.63, 3.8) is 0 Å². The number of hydrogen-bond acceptors (Lipinski definition) is 1. The van der Waals surface area contributed by atoms with Crippen molar-refractivity contribution in [2.24, 2.45) is 0 Å². The maximum Gasteiger partial charge on any atom is 0.314 e. The van der Waals surface area contributed by atoms with Gasteiger partial charge in [0, 0.05) is 5.02 Å². The minimum absolute atomic E-state index is 0.531. The third kappa shape index (κ3) is 2.00. The first-order valence-corrected chi connectivity index (χ1v) is 5.44. The van der Waals surface area contributed by atoms with E-state index in [1.165, 1.54) is 0 Å². The van der Waals surface area contributed by atoms with Gasteiger partial charge >= 0.3 is 5.97 Å². The lowest BCUT2D eigenvalue weighted by molar-refractivity contribution is -0.144. The number of rotatable bonds is 4. The Morgan fingerprint density at radius 3 is 2.27 bits per heavy atom. The highest BCUT2D eigenvalue weighted by Gasteiger charge is 2.38. The van der Waals surface area contributed by atoms with E-state index < -0.39 is 11.4 Å². The van der Waals surface area contributed by atoms with Gasteiger partial charge in [-0.3, -0.25) is 4.79 Å². The number of carbonyl (C=O) groups is 1. The maximum atomic E-state index is 11.4. The van der Waals surface area contributed by atoms with Crippen LogP contribution >= 0.6 is 11.6 Å². The predicted molar refractivity (Wildman–Crippen MR) is 61.3 cm³/mol. The van der Waals surface area contributed by atoms with Gasteiger partial charge in [-0.25, -0.2) is 0 Å². The second kappa shape index (κ2) is 4.67. The van der Waals surface area contributed by atoms with Crippen LogP contribution in [0.15, 0.2) is 24.3 Å². The van der Waals surface area contributed by atoms with E-state index in [0.29, 0.717) is 23.4 Å². The van der Waals surface area contributed by atoms with Crippen LogP contribution < -0.4 is 0 Å². The summed E-state index contributed by atoms with van der Waals surface area (Å²) < 4.78 is 0. The summed E-state index contributed by atoms with van der Waals surface area (Å²) in [6.07, 6.45) is 1.09. The van der Waals surface area contributed by atoms with Gasteiger partial charge in [-0.2, -0.15) is 0 Å². The van der Waals surface area contributed by atoms with E-state index in [1.807, 2.05) is 26.0 Å². The molecule has 0 aliphatic heterocycles. The topological polar surface area (TPSA) is 37.3 Å². The molecule has 1 aromatic rings. The lowest BCUT2D eigenvalue weighted by Gasteiger charge is -2.28. The standard InChI is InChI=1S/C12H15ClO2/c1-3-12(4-2,11(14)15)9-7-5-6-8-10(9)13/h5-8H,3-4H2,1-2H3,(H,14,15). The zero-order chi connectivity index (χ0) is 11.5. The maximum absolute atomic E-state index is 11.4. The first-order chi connectivity index (χ1) is 7.08. The second-order valence-corrected chi connectivity index (χ2v) is 3.98. The number of aliphatic carboxylic acids is 1. The SMILES string of the molecule is CCC(CC)(C(=O)O)c1ccccc1Cl. The third-order valence-electron chi connectivity index (χ3n) is 3.01. The first-order valence-electron chi connectivity index (χ1n) is 5.07. The summed E-state index contributed by atoms with van der Waals surface area (Å²) in [5.74, 6) is -0.805. The second-order valence-electron chi connectivity index (χ2n) is 3.57. The molecule has 0 aromatic heterocycles. The summed E-state index contributed by atoms with van der Waals surface area (Å²) in [7, 11) is 0. The van der Waals surface area contributed by atoms with Crippen molar-refractivity contribution in [2.45, 2.75) is 32.1 Å². The molecular formula is C12H15ClO2. The molecule has 0 spiro atoms. The Bertz CT molecular complexity index is 356. The normalized spacial score (nSPS) is 11.4. The molecule has 0 heterocycles. The molecule has 82 valence electrons. The van der Waals surface area contributed by atoms with E-state index >= 15 is 0 Å². The lowest BCUT2D eigenvalue weighted by atomic mass is 9.76. The fourth-order valence-electron chi connectivity index (χ4n) is 1.90. The van der Waals surface area contributed by atoms with Gasteiger partial charge < -0.3 is 5.11 Å². The molecule has 0 aliphatic carbocycles. The summed E-state index contributed by atoms with van der Waals surface area (Å²) in [6.45, 7) is 3.75. The van der Waals surface area contributed by atoms with Crippen molar-refractivity contribution in [3.05, 3.63) is 34.9 Å². The van der Waals surface area contributed by atoms with Crippen LogP contribution in [0.4, 0.5) is 0 Å². The van der Waals surface area contributed by atoms with Crippen molar-refractivity contribution in [2.75, 3.05) is 0 Å². The van der Waals surface area contributed by atoms with Crippen LogP contribution in [0.25, 0.3) is 0 Å². The van der Waals surface area contributed by atoms with E-state index in [4.69, 9.17) is 11.6 Å². The monoisotopic (exact) mass is 226 g/mol. The van der Waals surface area contributed by atoms with E-state index in [2.05, 4.69) is 0 Å². The first kappa shape index (κ1) is 12.1. The minimum Gasteiger partial charge on any atom is -0.481 e. The third-order valence-corrected chi connectivity index (χ3v) is 3.34. The van der Waals surface area contributed by atoms with Crippen LogP contribution in [-0.4, -0.2) is 11.1 Å². The summed E-state index contributed by atoms with van der Waals surface area (Å²) in [6, 6.07) is 7.16. The largest absolute Gasteiger partial charge is 0.481 e. The quantitative estimate of drug-likeness (QED) is 0.854. The Labute approximate surface area is 94.9 Å². The lowest BCUT2D eigenvalue weighted by Crippen LogP contribution is -2.34. The Morgan fingerprint density at radius 2 is 1.87 bits per heavy atom. The van der Waals surface area contributed by atoms with Crippen LogP contribution in [0.3, 0.4) is 0 Å². The summed E-state index contributed by atoms with van der Waals surface area (Å²) in [4.78, 5) is 11.4. The number of halogens is 1. The molecule has 1 rings (SSSR count). The molecule has 0 atom stereocenters. The van der Waals surface area contributed by atoms with Crippen LogP contribution in [0, 0.1) is 0 Å². The minimum atomic E-state index is -0.849. The predicted octanol–water partition coefficient (Wildman–Crippen LogP) is 3.48. The van der Waals surface area contributed by atoms with Crippen molar-refractivity contribution < 1.29 is 9.90 Å². The van der Waals surface area contributed by atoms with E-state index in [0.717, 1.165) is 0 Å². The van der Waals surface area contributed by atoms with E-state index in [1.54, 1.807) is 12.1 Å². The van der Waals surface area contributed by atoms with Crippen LogP contribution in [0.5, 0.6) is 0 Å². The van der Waals surface area contributed by atoms with Crippen LogP contribution in [0.1, 0.15) is 32.3 Å². The molecule has 0 saturated carbocycles. The van der Waals surface area contributed by atoms with Gasteiger partial charge in [0.15, 0.2) is 0 Å². The van der Waals surface area contributed by atoms with Crippen LogP contribution in [0.2, 0.25) is 5.02 Å². The van der Waals surface area contributed by atoms with Crippen molar-refractivity contribution in [3.8, 4) is 0 Å². The number of carboxylic acid groups (broad SMARTS) is 1. The Balaban J connectivity index is 3.33. The van der Waals surface area contributed by atoms with E-state index in [-0.39, 0.29) is 0 Å². The Morgan fingerprint density at radius 1 is 1.33 bits per heavy atom. The van der Waals surface area contributed by atoms with Crippen LogP contribution in [-0.2, 0) is 10.2 Å². The van der Waals surface area contributed by atoms with Gasteiger partial charge in [0.1, 0.15) is 0 Å². The molecule has 3 heteroatoms. The molecule has 0 unspecified atom stereocenters. The van der Waals surface area contributed by atoms with Crippen molar-refractivity contribution in [1.29, 1.82) is 0 Å². The molecule has 0 aliphatic rings. The molecular weight excluding hydrogens is 212 g/mol. The fraction of sp³-hybridized carbons (Fsp3) is 0.417. The molecule has 0 radical (unpaired) electrons. The fourth-order valence-corrected chi connectivity index (χ4v) is 2.21. The van der Waals surface area contributed by atoms with Gasteiger partial charge in [-0.1, -0.05) is 43.6 Å². The Hall–Kier alpha value is -1.02. The van der Waals surface area contributed by atoms with E-state index in [9.17, 15) is 9.90 Å². The number of benzene rings is 1. The molecule has 1 N–H and O–H groups in total. The Kier molecular flexibility index (Phi) is 3.75. The number of hydrogen-bond donors (Lipinski definition) is 1. The average molecular weight is 227 g/mol. The van der Waals surface area contributed by atoms with Gasteiger partial charge in [-0.05, 0) is 24.5 Å². The highest BCUT2D eigenvalue weighted by Crippen LogP contribution is 2.36.